The number of rotatable bonds is 0. The standard InChI is InChI=1S/C8H9N3/c1-5-2-3-6-7(5)8(9)11-4-10-6/h2,4H,3H2,1H3,(H2,9,10,11). The van der Waals surface area contributed by atoms with Gasteiger partial charge in [0.05, 0.1) is 5.69 Å². The Kier molecular flexibility index (Phi) is 1.18. The maximum absolute atomic E-state index is 5.67. The van der Waals surface area contributed by atoms with Gasteiger partial charge in [-0.25, -0.2) is 9.97 Å². The highest BCUT2D eigenvalue weighted by Gasteiger charge is 2.14. The summed E-state index contributed by atoms with van der Waals surface area (Å²) in [4.78, 5) is 8.05. The first-order valence-corrected chi connectivity index (χ1v) is 3.55. The molecule has 0 unspecified atom stereocenters. The number of anilines is 1. The molecule has 0 atom stereocenters. The lowest BCUT2D eigenvalue weighted by molar-refractivity contribution is 1.07. The van der Waals surface area contributed by atoms with E-state index in [-0.39, 0.29) is 0 Å². The number of fused-ring (bicyclic) bond motifs is 1. The second-order valence-electron chi connectivity index (χ2n) is 2.67. The lowest BCUT2D eigenvalue weighted by Gasteiger charge is -2.01. The van der Waals surface area contributed by atoms with Crippen LogP contribution in [0.2, 0.25) is 0 Å². The van der Waals surface area contributed by atoms with Crippen LogP contribution >= 0.6 is 0 Å². The van der Waals surface area contributed by atoms with Crippen LogP contribution in [0.4, 0.5) is 5.82 Å². The Morgan fingerprint density at radius 1 is 1.45 bits per heavy atom. The summed E-state index contributed by atoms with van der Waals surface area (Å²) >= 11 is 0. The minimum atomic E-state index is 0.598. The van der Waals surface area contributed by atoms with Crippen molar-refractivity contribution in [2.24, 2.45) is 0 Å². The molecular weight excluding hydrogens is 138 g/mol. The van der Waals surface area contributed by atoms with Crippen LogP contribution in [0.3, 0.4) is 0 Å². The topological polar surface area (TPSA) is 51.8 Å². The van der Waals surface area contributed by atoms with Gasteiger partial charge < -0.3 is 5.73 Å². The predicted molar refractivity (Wildman–Crippen MR) is 43.8 cm³/mol. The largest absolute Gasteiger partial charge is 0.383 e. The van der Waals surface area contributed by atoms with Gasteiger partial charge in [-0.3, -0.25) is 0 Å². The van der Waals surface area contributed by atoms with E-state index >= 15 is 0 Å². The molecule has 0 amide bonds. The number of hydrogen-bond acceptors (Lipinski definition) is 3. The Labute approximate surface area is 65.0 Å². The highest BCUT2D eigenvalue weighted by molar-refractivity contribution is 5.76. The van der Waals surface area contributed by atoms with Crippen molar-refractivity contribution in [2.75, 3.05) is 5.73 Å². The lowest BCUT2D eigenvalue weighted by Crippen LogP contribution is -1.98. The quantitative estimate of drug-likeness (QED) is 0.596. The molecule has 3 nitrogen and oxygen atoms in total. The first kappa shape index (κ1) is 6.34. The third-order valence-electron chi connectivity index (χ3n) is 1.95. The Hall–Kier alpha value is -1.38. The molecule has 1 aliphatic carbocycles. The number of nitrogens with two attached hydrogens (primary N) is 1. The van der Waals surface area contributed by atoms with Crippen molar-refractivity contribution in [3.05, 3.63) is 23.7 Å². The monoisotopic (exact) mass is 147 g/mol. The molecule has 3 heteroatoms. The Bertz CT molecular complexity index is 328. The first-order chi connectivity index (χ1) is 5.29. The molecule has 1 aromatic heterocycles. The van der Waals surface area contributed by atoms with E-state index in [0.717, 1.165) is 17.7 Å². The molecule has 0 fully saturated rings. The van der Waals surface area contributed by atoms with Crippen LogP contribution in [0.5, 0.6) is 0 Å². The molecule has 2 N–H and O–H groups in total. The molecule has 1 aromatic rings. The molecule has 0 spiro atoms. The van der Waals surface area contributed by atoms with E-state index in [2.05, 4.69) is 16.0 Å². The summed E-state index contributed by atoms with van der Waals surface area (Å²) in [5, 5.41) is 0. The molecule has 0 radical (unpaired) electrons. The molecule has 1 heterocycles. The van der Waals surface area contributed by atoms with Gasteiger partial charge in [0.2, 0.25) is 0 Å². The Morgan fingerprint density at radius 2 is 2.27 bits per heavy atom. The molecule has 0 aliphatic heterocycles. The molecule has 11 heavy (non-hydrogen) atoms. The molecule has 0 bridgehead atoms. The molecule has 0 saturated heterocycles. The zero-order valence-corrected chi connectivity index (χ0v) is 6.33. The minimum Gasteiger partial charge on any atom is -0.383 e. The van der Waals surface area contributed by atoms with Gasteiger partial charge in [0.25, 0.3) is 0 Å². The van der Waals surface area contributed by atoms with Gasteiger partial charge in [-0.15, -0.1) is 0 Å². The fourth-order valence-corrected chi connectivity index (χ4v) is 1.37. The predicted octanol–water partition coefficient (Wildman–Crippen LogP) is 1.02. The average molecular weight is 147 g/mol. The number of allylic oxidation sites excluding steroid dienone is 2. The highest BCUT2D eigenvalue weighted by atomic mass is 14.9. The molecule has 0 aromatic carbocycles. The molecule has 56 valence electrons. The van der Waals surface area contributed by atoms with E-state index in [4.69, 9.17) is 5.73 Å². The number of nitrogens with zero attached hydrogens (tertiary/aromatic N) is 2. The summed E-state index contributed by atoms with van der Waals surface area (Å²) in [5.41, 5.74) is 8.95. The van der Waals surface area contributed by atoms with Crippen LogP contribution in [0.15, 0.2) is 12.4 Å². The summed E-state index contributed by atoms with van der Waals surface area (Å²) in [7, 11) is 0. The van der Waals surface area contributed by atoms with Gasteiger partial charge in [0.1, 0.15) is 12.1 Å². The van der Waals surface area contributed by atoms with Crippen molar-refractivity contribution in [2.45, 2.75) is 13.3 Å². The van der Waals surface area contributed by atoms with Crippen molar-refractivity contribution in [3.63, 3.8) is 0 Å². The molecule has 2 rings (SSSR count). The molecular formula is C8H9N3. The lowest BCUT2D eigenvalue weighted by atomic mass is 10.2. The van der Waals surface area contributed by atoms with Gasteiger partial charge in [0, 0.05) is 12.0 Å². The van der Waals surface area contributed by atoms with E-state index in [1.165, 1.54) is 11.9 Å². The third kappa shape index (κ3) is 0.808. The minimum absolute atomic E-state index is 0.598. The zero-order valence-electron chi connectivity index (χ0n) is 6.33. The van der Waals surface area contributed by atoms with Crippen LogP contribution in [0.1, 0.15) is 18.2 Å². The van der Waals surface area contributed by atoms with E-state index in [1.54, 1.807) is 0 Å². The number of nitrogen functional groups attached to an aromatic ring is 1. The van der Waals surface area contributed by atoms with Crippen LogP contribution in [-0.4, -0.2) is 9.97 Å². The average Bonchev–Trinajstić information content (AvgIpc) is 2.34. The van der Waals surface area contributed by atoms with Gasteiger partial charge in [-0.05, 0) is 12.5 Å². The smallest absolute Gasteiger partial charge is 0.134 e. The normalized spacial score (nSPS) is 14.5. The van der Waals surface area contributed by atoms with Crippen molar-refractivity contribution >= 4 is 11.4 Å². The Morgan fingerprint density at radius 3 is 3.00 bits per heavy atom. The zero-order chi connectivity index (χ0) is 7.84. The van der Waals surface area contributed by atoms with Crippen molar-refractivity contribution in [3.8, 4) is 0 Å². The van der Waals surface area contributed by atoms with E-state index in [9.17, 15) is 0 Å². The van der Waals surface area contributed by atoms with Crippen LogP contribution in [0, 0.1) is 0 Å². The first-order valence-electron chi connectivity index (χ1n) is 3.55. The van der Waals surface area contributed by atoms with Crippen molar-refractivity contribution in [1.82, 2.24) is 9.97 Å². The summed E-state index contributed by atoms with van der Waals surface area (Å²) in [6, 6.07) is 0. The number of hydrogen-bond donors (Lipinski definition) is 1. The highest BCUT2D eigenvalue weighted by Crippen LogP contribution is 2.28. The molecule has 1 aliphatic rings. The maximum Gasteiger partial charge on any atom is 0.134 e. The summed E-state index contributed by atoms with van der Waals surface area (Å²) in [6.45, 7) is 2.03. The van der Waals surface area contributed by atoms with E-state index in [1.807, 2.05) is 6.92 Å². The van der Waals surface area contributed by atoms with Crippen molar-refractivity contribution in [1.29, 1.82) is 0 Å². The molecule has 0 saturated carbocycles. The van der Waals surface area contributed by atoms with Crippen molar-refractivity contribution < 1.29 is 0 Å². The third-order valence-corrected chi connectivity index (χ3v) is 1.95. The second-order valence-corrected chi connectivity index (χ2v) is 2.67. The summed E-state index contributed by atoms with van der Waals surface area (Å²) < 4.78 is 0. The maximum atomic E-state index is 5.67. The van der Waals surface area contributed by atoms with E-state index < -0.39 is 0 Å². The van der Waals surface area contributed by atoms with E-state index in [0.29, 0.717) is 5.82 Å². The van der Waals surface area contributed by atoms with Crippen LogP contribution in [-0.2, 0) is 6.42 Å². The van der Waals surface area contributed by atoms with Crippen LogP contribution in [0.25, 0.3) is 5.57 Å². The van der Waals surface area contributed by atoms with Gasteiger partial charge in [-0.2, -0.15) is 0 Å². The van der Waals surface area contributed by atoms with Crippen LogP contribution < -0.4 is 5.73 Å². The van der Waals surface area contributed by atoms with Gasteiger partial charge in [0.15, 0.2) is 0 Å². The number of aromatic nitrogens is 2. The fourth-order valence-electron chi connectivity index (χ4n) is 1.37. The summed E-state index contributed by atoms with van der Waals surface area (Å²) in [5.74, 6) is 0.598. The van der Waals surface area contributed by atoms with Gasteiger partial charge >= 0.3 is 0 Å². The second kappa shape index (κ2) is 2.05. The SMILES string of the molecule is CC1=CCc2ncnc(N)c21. The Balaban J connectivity index is 2.67. The fraction of sp³-hybridized carbons (Fsp3) is 0.250. The summed E-state index contributed by atoms with van der Waals surface area (Å²) in [6.07, 6.45) is 4.53. The van der Waals surface area contributed by atoms with Gasteiger partial charge in [-0.1, -0.05) is 6.08 Å².